The van der Waals surface area contributed by atoms with Crippen molar-refractivity contribution in [2.24, 2.45) is 0 Å². The van der Waals surface area contributed by atoms with Crippen molar-refractivity contribution in [3.05, 3.63) is 23.5 Å². The van der Waals surface area contributed by atoms with Crippen LogP contribution in [0.5, 0.6) is 0 Å². The molecule has 1 N–H and O–H groups in total. The predicted octanol–water partition coefficient (Wildman–Crippen LogP) is 1.91. The van der Waals surface area contributed by atoms with E-state index in [1.807, 2.05) is 11.6 Å². The van der Waals surface area contributed by atoms with E-state index in [-0.39, 0.29) is 0 Å². The largest absolute Gasteiger partial charge is 0.385 e. The lowest BCUT2D eigenvalue weighted by Crippen LogP contribution is -2.26. The smallest absolute Gasteiger partial charge is 0.193 e. The van der Waals surface area contributed by atoms with Gasteiger partial charge in [0.1, 0.15) is 0 Å². The Hall–Kier alpha value is -0.910. The number of nitrogens with one attached hydrogen (secondary N) is 1. The van der Waals surface area contributed by atoms with E-state index in [2.05, 4.69) is 27.8 Å². The van der Waals surface area contributed by atoms with E-state index in [1.54, 1.807) is 18.4 Å². The molecule has 0 saturated heterocycles. The Morgan fingerprint density at radius 1 is 1.62 bits per heavy atom. The zero-order valence-electron chi connectivity index (χ0n) is 9.64. The van der Waals surface area contributed by atoms with Crippen LogP contribution in [0.3, 0.4) is 0 Å². The lowest BCUT2D eigenvalue weighted by molar-refractivity contribution is 0.184. The molecule has 2 aromatic heterocycles. The van der Waals surface area contributed by atoms with Gasteiger partial charge in [-0.2, -0.15) is 0 Å². The normalized spacial score (nSPS) is 13.4. The van der Waals surface area contributed by atoms with Crippen molar-refractivity contribution in [2.75, 3.05) is 13.7 Å². The minimum atomic E-state index is 0.458. The van der Waals surface area contributed by atoms with Gasteiger partial charge in [-0.15, -0.1) is 11.3 Å². The molecule has 0 aliphatic carbocycles. The maximum Gasteiger partial charge on any atom is 0.193 e. The first kappa shape index (κ1) is 11.6. The Bertz CT molecular complexity index is 409. The number of nitrogens with zero attached hydrogens (tertiary/aromatic N) is 2. The summed E-state index contributed by atoms with van der Waals surface area (Å²) in [5, 5.41) is 5.48. The Balaban J connectivity index is 1.83. The van der Waals surface area contributed by atoms with Gasteiger partial charge in [-0.25, -0.2) is 4.98 Å². The molecule has 0 aromatic carbocycles. The second-order valence-corrected chi connectivity index (χ2v) is 4.76. The summed E-state index contributed by atoms with van der Waals surface area (Å²) in [6, 6.07) is 0.458. The van der Waals surface area contributed by atoms with Gasteiger partial charge >= 0.3 is 0 Å². The Morgan fingerprint density at radius 2 is 2.50 bits per heavy atom. The lowest BCUT2D eigenvalue weighted by atomic mass is 10.2. The summed E-state index contributed by atoms with van der Waals surface area (Å²) >= 11 is 1.66. The minimum absolute atomic E-state index is 0.458. The van der Waals surface area contributed by atoms with Crippen LogP contribution in [0, 0.1) is 0 Å². The molecule has 2 aromatic rings. The molecular formula is C11H17N3OS. The molecule has 88 valence electrons. The number of hydrogen-bond acceptors (Lipinski definition) is 4. The zero-order chi connectivity index (χ0) is 11.4. The molecule has 2 heterocycles. The first-order valence-corrected chi connectivity index (χ1v) is 6.31. The van der Waals surface area contributed by atoms with Crippen molar-refractivity contribution in [1.29, 1.82) is 0 Å². The van der Waals surface area contributed by atoms with Crippen LogP contribution in [0.2, 0.25) is 0 Å². The molecule has 0 amide bonds. The second kappa shape index (κ2) is 5.43. The number of imidazole rings is 1. The van der Waals surface area contributed by atoms with Crippen molar-refractivity contribution in [3.8, 4) is 0 Å². The van der Waals surface area contributed by atoms with Gasteiger partial charge in [0, 0.05) is 44.1 Å². The van der Waals surface area contributed by atoms with Crippen molar-refractivity contribution in [2.45, 2.75) is 25.9 Å². The molecule has 1 unspecified atom stereocenters. The SMILES string of the molecule is COCCC(C)NCc1cn2ccsc2n1. The third-order valence-electron chi connectivity index (χ3n) is 2.53. The van der Waals surface area contributed by atoms with Crippen LogP contribution in [0.4, 0.5) is 0 Å². The molecule has 16 heavy (non-hydrogen) atoms. The number of methoxy groups -OCH3 is 1. The Labute approximate surface area is 99.3 Å². The van der Waals surface area contributed by atoms with Gasteiger partial charge in [-0.3, -0.25) is 4.40 Å². The monoisotopic (exact) mass is 239 g/mol. The highest BCUT2D eigenvalue weighted by Gasteiger charge is 2.04. The average Bonchev–Trinajstić information content (AvgIpc) is 2.83. The molecule has 5 heteroatoms. The molecule has 0 spiro atoms. The van der Waals surface area contributed by atoms with Crippen LogP contribution in [0.1, 0.15) is 19.0 Å². The highest BCUT2D eigenvalue weighted by atomic mass is 32.1. The fourth-order valence-electron chi connectivity index (χ4n) is 1.54. The summed E-state index contributed by atoms with van der Waals surface area (Å²) in [5.41, 5.74) is 1.09. The summed E-state index contributed by atoms with van der Waals surface area (Å²) in [6.45, 7) is 3.78. The van der Waals surface area contributed by atoms with E-state index in [4.69, 9.17) is 4.74 Å². The molecule has 0 saturated carbocycles. The standard InChI is InChI=1S/C11H17N3OS/c1-9(3-5-15-2)12-7-10-8-14-4-6-16-11(14)13-10/h4,6,8-9,12H,3,5,7H2,1-2H3. The summed E-state index contributed by atoms with van der Waals surface area (Å²) in [7, 11) is 1.73. The van der Waals surface area contributed by atoms with Crippen molar-refractivity contribution in [1.82, 2.24) is 14.7 Å². The third kappa shape index (κ3) is 2.81. The summed E-state index contributed by atoms with van der Waals surface area (Å²) < 4.78 is 7.10. The van der Waals surface area contributed by atoms with E-state index in [9.17, 15) is 0 Å². The van der Waals surface area contributed by atoms with Crippen LogP contribution < -0.4 is 5.32 Å². The number of aromatic nitrogens is 2. The number of fused-ring (bicyclic) bond motifs is 1. The molecule has 0 fully saturated rings. The quantitative estimate of drug-likeness (QED) is 0.837. The van der Waals surface area contributed by atoms with Crippen LogP contribution >= 0.6 is 11.3 Å². The molecule has 2 rings (SSSR count). The molecule has 0 radical (unpaired) electrons. The average molecular weight is 239 g/mol. The fraction of sp³-hybridized carbons (Fsp3) is 0.545. The molecule has 0 aliphatic rings. The maximum atomic E-state index is 5.04. The topological polar surface area (TPSA) is 38.6 Å². The first-order chi connectivity index (χ1) is 7.79. The number of thiazole rings is 1. The van der Waals surface area contributed by atoms with Crippen LogP contribution in [-0.2, 0) is 11.3 Å². The van der Waals surface area contributed by atoms with E-state index < -0.39 is 0 Å². The molecular weight excluding hydrogens is 222 g/mol. The second-order valence-electron chi connectivity index (χ2n) is 3.89. The number of hydrogen-bond donors (Lipinski definition) is 1. The highest BCUT2D eigenvalue weighted by molar-refractivity contribution is 7.15. The first-order valence-electron chi connectivity index (χ1n) is 5.43. The highest BCUT2D eigenvalue weighted by Crippen LogP contribution is 2.11. The molecule has 4 nitrogen and oxygen atoms in total. The van der Waals surface area contributed by atoms with Gasteiger partial charge in [-0.1, -0.05) is 0 Å². The van der Waals surface area contributed by atoms with E-state index in [0.717, 1.165) is 30.2 Å². The van der Waals surface area contributed by atoms with Gasteiger partial charge in [0.05, 0.1) is 5.69 Å². The number of ether oxygens (including phenoxy) is 1. The lowest BCUT2D eigenvalue weighted by Gasteiger charge is -2.11. The van der Waals surface area contributed by atoms with Crippen LogP contribution in [0.15, 0.2) is 17.8 Å². The van der Waals surface area contributed by atoms with E-state index >= 15 is 0 Å². The summed E-state index contributed by atoms with van der Waals surface area (Å²) in [6.07, 6.45) is 5.13. The van der Waals surface area contributed by atoms with Gasteiger partial charge in [0.2, 0.25) is 0 Å². The summed E-state index contributed by atoms with van der Waals surface area (Å²) in [5.74, 6) is 0. The Kier molecular flexibility index (Phi) is 3.93. The van der Waals surface area contributed by atoms with E-state index in [0.29, 0.717) is 6.04 Å². The maximum absolute atomic E-state index is 5.04. The fourth-order valence-corrected chi connectivity index (χ4v) is 2.26. The van der Waals surface area contributed by atoms with Crippen LogP contribution in [0.25, 0.3) is 4.96 Å². The van der Waals surface area contributed by atoms with Crippen LogP contribution in [-0.4, -0.2) is 29.1 Å². The third-order valence-corrected chi connectivity index (χ3v) is 3.30. The predicted molar refractivity (Wildman–Crippen MR) is 65.9 cm³/mol. The molecule has 0 bridgehead atoms. The van der Waals surface area contributed by atoms with Crippen molar-refractivity contribution < 1.29 is 4.74 Å². The van der Waals surface area contributed by atoms with Crippen molar-refractivity contribution >= 4 is 16.3 Å². The van der Waals surface area contributed by atoms with E-state index in [1.165, 1.54) is 0 Å². The summed E-state index contributed by atoms with van der Waals surface area (Å²) in [4.78, 5) is 5.57. The van der Waals surface area contributed by atoms with Crippen molar-refractivity contribution in [3.63, 3.8) is 0 Å². The van der Waals surface area contributed by atoms with Gasteiger partial charge in [0.15, 0.2) is 4.96 Å². The molecule has 1 atom stereocenters. The van der Waals surface area contributed by atoms with Gasteiger partial charge in [0.25, 0.3) is 0 Å². The molecule has 0 aliphatic heterocycles. The van der Waals surface area contributed by atoms with Gasteiger partial charge in [-0.05, 0) is 13.3 Å². The Morgan fingerprint density at radius 3 is 3.25 bits per heavy atom. The van der Waals surface area contributed by atoms with Gasteiger partial charge < -0.3 is 10.1 Å². The zero-order valence-corrected chi connectivity index (χ0v) is 10.5. The minimum Gasteiger partial charge on any atom is -0.385 e. The number of rotatable bonds is 6.